The minimum atomic E-state index is -0.615. The molecule has 1 aliphatic carbocycles. The van der Waals surface area contributed by atoms with Crippen molar-refractivity contribution in [1.82, 2.24) is 10.2 Å². The first-order chi connectivity index (χ1) is 15.5. The van der Waals surface area contributed by atoms with Gasteiger partial charge in [-0.05, 0) is 61.6 Å². The number of halogens is 1. The Morgan fingerprint density at radius 1 is 1.12 bits per heavy atom. The maximum atomic E-state index is 13.4. The Balaban J connectivity index is 1.74. The van der Waals surface area contributed by atoms with Crippen LogP contribution in [0.25, 0.3) is 0 Å². The van der Waals surface area contributed by atoms with Crippen molar-refractivity contribution < 1.29 is 18.7 Å². The molecule has 2 aromatic carbocycles. The summed E-state index contributed by atoms with van der Waals surface area (Å²) in [4.78, 5) is 27.9. The van der Waals surface area contributed by atoms with Gasteiger partial charge in [0.1, 0.15) is 17.6 Å². The van der Waals surface area contributed by atoms with E-state index in [9.17, 15) is 14.0 Å². The average molecular weight is 441 g/mol. The molecule has 1 saturated carbocycles. The Kier molecular flexibility index (Phi) is 8.65. The number of nitrogens with one attached hydrogen (secondary N) is 1. The molecule has 32 heavy (non-hydrogen) atoms. The highest BCUT2D eigenvalue weighted by Gasteiger charge is 2.30. The molecule has 172 valence electrons. The van der Waals surface area contributed by atoms with Crippen LogP contribution >= 0.6 is 0 Å². The molecule has 0 aliphatic heterocycles. The lowest BCUT2D eigenvalue weighted by atomic mass is 9.95. The molecule has 0 radical (unpaired) electrons. The van der Waals surface area contributed by atoms with Crippen LogP contribution in [0.3, 0.4) is 0 Å². The number of hydrogen-bond donors (Lipinski definition) is 1. The first kappa shape index (κ1) is 23.8. The van der Waals surface area contributed by atoms with E-state index in [1.54, 1.807) is 23.1 Å². The summed E-state index contributed by atoms with van der Waals surface area (Å²) in [5.74, 6) is -0.136. The second-order valence-corrected chi connectivity index (χ2v) is 8.52. The molecule has 1 aliphatic rings. The number of ether oxygens (including phenoxy) is 1. The van der Waals surface area contributed by atoms with Gasteiger partial charge >= 0.3 is 0 Å². The van der Waals surface area contributed by atoms with Gasteiger partial charge < -0.3 is 15.0 Å². The average Bonchev–Trinajstić information content (AvgIpc) is 2.79. The fourth-order valence-electron chi connectivity index (χ4n) is 4.18. The summed E-state index contributed by atoms with van der Waals surface area (Å²) in [5, 5.41) is 3.15. The zero-order valence-electron chi connectivity index (χ0n) is 19.0. The molecular weight excluding hydrogens is 407 g/mol. The quantitative estimate of drug-likeness (QED) is 0.611. The van der Waals surface area contributed by atoms with Crippen LogP contribution in [0, 0.1) is 12.7 Å². The second kappa shape index (κ2) is 11.7. The smallest absolute Gasteiger partial charge is 0.261 e. The number of carbonyl (C=O) groups excluding carboxylic acids is 2. The van der Waals surface area contributed by atoms with Crippen molar-refractivity contribution in [1.29, 1.82) is 0 Å². The first-order valence-corrected chi connectivity index (χ1v) is 11.5. The molecule has 1 atom stereocenters. The summed E-state index contributed by atoms with van der Waals surface area (Å²) in [6, 6.07) is 13.1. The van der Waals surface area contributed by atoms with Crippen LogP contribution in [0.15, 0.2) is 48.5 Å². The zero-order valence-corrected chi connectivity index (χ0v) is 19.0. The third kappa shape index (κ3) is 6.81. The SMILES string of the molecule is CC[C@@H](C(=O)NC1CCCCC1)N(Cc1ccc(F)cc1)C(=O)COc1cccc(C)c1. The molecule has 0 unspecified atom stereocenters. The van der Waals surface area contributed by atoms with Crippen molar-refractivity contribution in [2.24, 2.45) is 0 Å². The van der Waals surface area contributed by atoms with E-state index in [1.165, 1.54) is 18.6 Å². The summed E-state index contributed by atoms with van der Waals surface area (Å²) in [6.07, 6.45) is 5.87. The van der Waals surface area contributed by atoms with E-state index in [-0.39, 0.29) is 36.8 Å². The van der Waals surface area contributed by atoms with E-state index in [0.717, 1.165) is 36.8 Å². The molecule has 2 aromatic rings. The van der Waals surface area contributed by atoms with Crippen molar-refractivity contribution in [2.75, 3.05) is 6.61 Å². The molecule has 3 rings (SSSR count). The van der Waals surface area contributed by atoms with Gasteiger partial charge in [0, 0.05) is 12.6 Å². The van der Waals surface area contributed by atoms with Gasteiger partial charge in [0.15, 0.2) is 6.61 Å². The third-order valence-electron chi connectivity index (χ3n) is 5.96. The lowest BCUT2D eigenvalue weighted by Gasteiger charge is -2.32. The monoisotopic (exact) mass is 440 g/mol. The highest BCUT2D eigenvalue weighted by atomic mass is 19.1. The third-order valence-corrected chi connectivity index (χ3v) is 5.96. The van der Waals surface area contributed by atoms with Gasteiger partial charge in [-0.15, -0.1) is 0 Å². The van der Waals surface area contributed by atoms with Gasteiger partial charge in [-0.2, -0.15) is 0 Å². The van der Waals surface area contributed by atoms with Crippen LogP contribution in [-0.2, 0) is 16.1 Å². The Morgan fingerprint density at radius 2 is 1.84 bits per heavy atom. The Morgan fingerprint density at radius 3 is 2.50 bits per heavy atom. The second-order valence-electron chi connectivity index (χ2n) is 8.52. The Bertz CT molecular complexity index is 894. The molecule has 0 aromatic heterocycles. The maximum Gasteiger partial charge on any atom is 0.261 e. The van der Waals surface area contributed by atoms with Crippen LogP contribution in [-0.4, -0.2) is 35.4 Å². The number of rotatable bonds is 9. The van der Waals surface area contributed by atoms with Crippen LogP contribution < -0.4 is 10.1 Å². The van der Waals surface area contributed by atoms with Gasteiger partial charge in [0.25, 0.3) is 5.91 Å². The largest absolute Gasteiger partial charge is 0.484 e. The summed E-state index contributed by atoms with van der Waals surface area (Å²) in [7, 11) is 0. The van der Waals surface area contributed by atoms with Gasteiger partial charge in [0.05, 0.1) is 0 Å². The molecule has 0 spiro atoms. The van der Waals surface area contributed by atoms with Crippen LogP contribution in [0.1, 0.15) is 56.6 Å². The fraction of sp³-hybridized carbons (Fsp3) is 0.462. The normalized spacial score (nSPS) is 15.1. The number of carbonyl (C=O) groups is 2. The zero-order chi connectivity index (χ0) is 22.9. The van der Waals surface area contributed by atoms with Gasteiger partial charge in [0.2, 0.25) is 5.91 Å². The highest BCUT2D eigenvalue weighted by Crippen LogP contribution is 2.19. The van der Waals surface area contributed by atoms with Crippen molar-refractivity contribution in [3.05, 3.63) is 65.5 Å². The van der Waals surface area contributed by atoms with E-state index < -0.39 is 6.04 Å². The maximum absolute atomic E-state index is 13.4. The van der Waals surface area contributed by atoms with Crippen LogP contribution in [0.2, 0.25) is 0 Å². The first-order valence-electron chi connectivity index (χ1n) is 11.5. The molecule has 1 fully saturated rings. The summed E-state index contributed by atoms with van der Waals surface area (Å²) in [6.45, 7) is 3.90. The molecule has 0 saturated heterocycles. The Labute approximate surface area is 190 Å². The number of benzene rings is 2. The lowest BCUT2D eigenvalue weighted by Crippen LogP contribution is -2.52. The summed E-state index contributed by atoms with van der Waals surface area (Å²) < 4.78 is 19.1. The lowest BCUT2D eigenvalue weighted by molar-refractivity contribution is -0.143. The topological polar surface area (TPSA) is 58.6 Å². The van der Waals surface area contributed by atoms with E-state index in [2.05, 4.69) is 5.32 Å². The number of nitrogens with zero attached hydrogens (tertiary/aromatic N) is 1. The standard InChI is InChI=1S/C26H33FN2O3/c1-3-24(26(31)28-22-9-5-4-6-10-22)29(17-20-12-14-21(27)15-13-20)25(30)18-32-23-11-7-8-19(2)16-23/h7-8,11-16,22,24H,3-6,9-10,17-18H2,1-2H3,(H,28,31)/t24-/m0/s1. The van der Waals surface area contributed by atoms with Crippen LogP contribution in [0.4, 0.5) is 4.39 Å². The molecule has 6 heteroatoms. The number of amides is 2. The van der Waals surface area contributed by atoms with Crippen molar-refractivity contribution in [3.8, 4) is 5.75 Å². The fourth-order valence-corrected chi connectivity index (χ4v) is 4.18. The predicted octanol–water partition coefficient (Wildman–Crippen LogP) is 4.77. The number of hydrogen-bond acceptors (Lipinski definition) is 3. The van der Waals surface area contributed by atoms with Crippen molar-refractivity contribution in [2.45, 2.75) is 71.0 Å². The highest BCUT2D eigenvalue weighted by molar-refractivity contribution is 5.88. The van der Waals surface area contributed by atoms with Gasteiger partial charge in [-0.1, -0.05) is 50.5 Å². The van der Waals surface area contributed by atoms with E-state index >= 15 is 0 Å². The minimum absolute atomic E-state index is 0.134. The molecule has 0 heterocycles. The van der Waals surface area contributed by atoms with Gasteiger partial charge in [-0.25, -0.2) is 4.39 Å². The summed E-state index contributed by atoms with van der Waals surface area (Å²) >= 11 is 0. The minimum Gasteiger partial charge on any atom is -0.484 e. The number of aryl methyl sites for hydroxylation is 1. The van der Waals surface area contributed by atoms with Crippen molar-refractivity contribution in [3.63, 3.8) is 0 Å². The van der Waals surface area contributed by atoms with E-state index in [0.29, 0.717) is 12.2 Å². The molecule has 5 nitrogen and oxygen atoms in total. The molecule has 2 amide bonds. The summed E-state index contributed by atoms with van der Waals surface area (Å²) in [5.41, 5.74) is 1.80. The van der Waals surface area contributed by atoms with E-state index in [1.807, 2.05) is 32.0 Å². The van der Waals surface area contributed by atoms with Crippen molar-refractivity contribution >= 4 is 11.8 Å². The molecule has 0 bridgehead atoms. The van der Waals surface area contributed by atoms with Crippen LogP contribution in [0.5, 0.6) is 5.75 Å². The molecular formula is C26H33FN2O3. The van der Waals surface area contributed by atoms with Gasteiger partial charge in [-0.3, -0.25) is 9.59 Å². The Hall–Kier alpha value is -2.89. The predicted molar refractivity (Wildman–Crippen MR) is 123 cm³/mol. The molecule has 1 N–H and O–H groups in total. The van der Waals surface area contributed by atoms with E-state index in [4.69, 9.17) is 4.74 Å².